The van der Waals surface area contributed by atoms with Gasteiger partial charge in [-0.2, -0.15) is 5.10 Å². The van der Waals surface area contributed by atoms with Crippen LogP contribution in [-0.2, 0) is 5.75 Å². The van der Waals surface area contributed by atoms with Gasteiger partial charge in [0.05, 0.1) is 18.5 Å². The van der Waals surface area contributed by atoms with E-state index in [9.17, 15) is 0 Å². The number of nitrogens with one attached hydrogen (secondary N) is 1. The Morgan fingerprint density at radius 3 is 2.54 bits per heavy atom. The molecule has 1 aromatic heterocycles. The van der Waals surface area contributed by atoms with Crippen LogP contribution in [0.3, 0.4) is 0 Å². The van der Waals surface area contributed by atoms with E-state index in [0.717, 1.165) is 28.6 Å². The number of thioether (sulfide) groups is 1. The number of aromatic nitrogens is 3. The summed E-state index contributed by atoms with van der Waals surface area (Å²) in [5.41, 5.74) is 3.80. The fourth-order valence-electron chi connectivity index (χ4n) is 2.22. The Bertz CT molecular complexity index is 867. The van der Waals surface area contributed by atoms with E-state index in [-0.39, 0.29) is 0 Å². The minimum absolute atomic E-state index is 0.670. The second-order valence-electron chi connectivity index (χ2n) is 5.55. The number of methoxy groups -OCH3 is 1. The molecule has 0 aliphatic heterocycles. The van der Waals surface area contributed by atoms with Gasteiger partial charge in [0.25, 0.3) is 0 Å². The van der Waals surface area contributed by atoms with E-state index < -0.39 is 0 Å². The van der Waals surface area contributed by atoms with Gasteiger partial charge >= 0.3 is 0 Å². The first-order valence-electron chi connectivity index (χ1n) is 8.20. The molecule has 2 aromatic carbocycles. The molecule has 26 heavy (non-hydrogen) atoms. The number of rotatable bonds is 7. The van der Waals surface area contributed by atoms with Crippen LogP contribution in [-0.4, -0.2) is 22.3 Å². The van der Waals surface area contributed by atoms with Crippen molar-refractivity contribution in [1.29, 1.82) is 0 Å². The maximum atomic E-state index is 5.15. The van der Waals surface area contributed by atoms with Crippen molar-refractivity contribution >= 4 is 23.5 Å². The summed E-state index contributed by atoms with van der Waals surface area (Å²) in [6.45, 7) is 1.90. The number of hydrogen-bond acceptors (Lipinski definition) is 6. The van der Waals surface area contributed by atoms with E-state index >= 15 is 0 Å². The van der Waals surface area contributed by atoms with Crippen LogP contribution in [0, 0.1) is 6.92 Å². The van der Waals surface area contributed by atoms with Crippen molar-refractivity contribution in [2.45, 2.75) is 17.8 Å². The largest absolute Gasteiger partial charge is 0.497 e. The Balaban J connectivity index is 1.63. The predicted molar refractivity (Wildman–Crippen MR) is 106 cm³/mol. The highest BCUT2D eigenvalue weighted by atomic mass is 32.2. The molecule has 0 amide bonds. The maximum absolute atomic E-state index is 5.15. The summed E-state index contributed by atoms with van der Waals surface area (Å²) in [5, 5.41) is 12.3. The fourth-order valence-corrected chi connectivity index (χ4v) is 2.97. The van der Waals surface area contributed by atoms with E-state index in [1.165, 1.54) is 5.56 Å². The molecule has 1 N–H and O–H groups in total. The van der Waals surface area contributed by atoms with Crippen molar-refractivity contribution in [3.05, 3.63) is 77.7 Å². The number of ether oxygens (including phenoxy) is 1. The highest BCUT2D eigenvalue weighted by Crippen LogP contribution is 2.20. The highest BCUT2D eigenvalue weighted by molar-refractivity contribution is 7.98. The molecule has 3 rings (SSSR count). The summed E-state index contributed by atoms with van der Waals surface area (Å²) in [5.74, 6) is 1.65. The third kappa shape index (κ3) is 5.07. The third-order valence-corrected chi connectivity index (χ3v) is 4.57. The number of anilines is 1. The van der Waals surface area contributed by atoms with Crippen LogP contribution in [0.25, 0.3) is 6.08 Å². The molecule has 0 bridgehead atoms. The van der Waals surface area contributed by atoms with Crippen molar-refractivity contribution < 1.29 is 4.74 Å². The number of nitrogens with zero attached hydrogens (tertiary/aromatic N) is 3. The lowest BCUT2D eigenvalue weighted by Crippen LogP contribution is -1.99. The number of aryl methyl sites for hydroxylation is 1. The van der Waals surface area contributed by atoms with Crippen molar-refractivity contribution in [3.63, 3.8) is 0 Å². The Hall–Kier alpha value is -2.86. The van der Waals surface area contributed by atoms with Gasteiger partial charge in [-0.3, -0.25) is 0 Å². The van der Waals surface area contributed by atoms with E-state index in [1.54, 1.807) is 18.9 Å². The molecule has 0 spiro atoms. The fraction of sp³-hybridized carbons (Fsp3) is 0.150. The molecule has 0 unspecified atom stereocenters. The van der Waals surface area contributed by atoms with Gasteiger partial charge in [-0.05, 0) is 42.8 Å². The van der Waals surface area contributed by atoms with Crippen molar-refractivity contribution in [2.75, 3.05) is 12.4 Å². The molecule has 132 valence electrons. The lowest BCUT2D eigenvalue weighted by molar-refractivity contribution is 0.415. The van der Waals surface area contributed by atoms with Gasteiger partial charge in [-0.15, -0.1) is 5.10 Å². The lowest BCUT2D eigenvalue weighted by Gasteiger charge is -2.04. The minimum Gasteiger partial charge on any atom is -0.497 e. The Kier molecular flexibility index (Phi) is 6.22. The monoisotopic (exact) mass is 364 g/mol. The van der Waals surface area contributed by atoms with Crippen LogP contribution in [0.4, 0.5) is 5.69 Å². The van der Waals surface area contributed by atoms with Crippen molar-refractivity contribution in [3.8, 4) is 5.75 Å². The van der Waals surface area contributed by atoms with Crippen LogP contribution in [0.1, 0.15) is 17.0 Å². The van der Waals surface area contributed by atoms with Gasteiger partial charge < -0.3 is 10.1 Å². The molecule has 0 atom stereocenters. The topological polar surface area (TPSA) is 59.9 Å². The normalized spacial score (nSPS) is 10.8. The van der Waals surface area contributed by atoms with Gasteiger partial charge in [0, 0.05) is 17.6 Å². The van der Waals surface area contributed by atoms with Crippen molar-refractivity contribution in [1.82, 2.24) is 15.2 Å². The molecule has 0 fully saturated rings. The SMILES string of the molecule is COc1ccc(N/C=C/c2nc(SCc3ccccc3)nnc2C)cc1. The van der Waals surface area contributed by atoms with Crippen LogP contribution in [0.2, 0.25) is 0 Å². The average molecular weight is 364 g/mol. The molecular weight excluding hydrogens is 344 g/mol. The molecule has 0 radical (unpaired) electrons. The quantitative estimate of drug-likeness (QED) is 0.620. The van der Waals surface area contributed by atoms with Gasteiger partial charge in [0.15, 0.2) is 0 Å². The average Bonchev–Trinajstić information content (AvgIpc) is 2.69. The minimum atomic E-state index is 0.670. The summed E-state index contributed by atoms with van der Waals surface area (Å²) in [6, 6.07) is 18.0. The Morgan fingerprint density at radius 1 is 1.04 bits per heavy atom. The van der Waals surface area contributed by atoms with Crippen LogP contribution >= 0.6 is 11.8 Å². The Morgan fingerprint density at radius 2 is 1.81 bits per heavy atom. The zero-order valence-corrected chi connectivity index (χ0v) is 15.5. The summed E-state index contributed by atoms with van der Waals surface area (Å²) in [6.07, 6.45) is 3.76. The second-order valence-corrected chi connectivity index (χ2v) is 6.49. The molecule has 5 nitrogen and oxygen atoms in total. The van der Waals surface area contributed by atoms with Gasteiger partial charge in [0.1, 0.15) is 5.75 Å². The highest BCUT2D eigenvalue weighted by Gasteiger charge is 2.04. The molecule has 0 aliphatic carbocycles. The van der Waals surface area contributed by atoms with Gasteiger partial charge in [-0.1, -0.05) is 42.1 Å². The molecule has 0 saturated heterocycles. The first kappa shape index (κ1) is 17.9. The third-order valence-electron chi connectivity index (χ3n) is 3.66. The lowest BCUT2D eigenvalue weighted by atomic mass is 10.2. The summed E-state index contributed by atoms with van der Waals surface area (Å²) in [7, 11) is 1.65. The Labute approximate surface area is 157 Å². The van der Waals surface area contributed by atoms with Crippen LogP contribution in [0.15, 0.2) is 66.0 Å². The zero-order chi connectivity index (χ0) is 18.2. The summed E-state index contributed by atoms with van der Waals surface area (Å²) in [4.78, 5) is 4.59. The molecule has 0 aliphatic rings. The second kappa shape index (κ2) is 9.01. The molecule has 6 heteroatoms. The molecular formula is C20H20N4OS. The summed E-state index contributed by atoms with van der Waals surface area (Å²) >= 11 is 1.58. The van der Waals surface area contributed by atoms with E-state index in [2.05, 4.69) is 32.6 Å². The molecule has 3 aromatic rings. The smallest absolute Gasteiger partial charge is 0.209 e. The maximum Gasteiger partial charge on any atom is 0.209 e. The zero-order valence-electron chi connectivity index (χ0n) is 14.7. The van der Waals surface area contributed by atoms with Crippen molar-refractivity contribution in [2.24, 2.45) is 0 Å². The molecule has 1 heterocycles. The van der Waals surface area contributed by atoms with E-state index in [4.69, 9.17) is 4.74 Å². The van der Waals surface area contributed by atoms with Crippen LogP contribution in [0.5, 0.6) is 5.75 Å². The number of benzene rings is 2. The van der Waals surface area contributed by atoms with Crippen LogP contribution < -0.4 is 10.1 Å². The molecule has 0 saturated carbocycles. The first-order valence-corrected chi connectivity index (χ1v) is 9.18. The van der Waals surface area contributed by atoms with Gasteiger partial charge in [0.2, 0.25) is 5.16 Å². The van der Waals surface area contributed by atoms with Gasteiger partial charge in [-0.25, -0.2) is 4.98 Å². The summed E-state index contributed by atoms with van der Waals surface area (Å²) < 4.78 is 5.15. The predicted octanol–water partition coefficient (Wildman–Crippen LogP) is 4.56. The number of hydrogen-bond donors (Lipinski definition) is 1. The van der Waals surface area contributed by atoms with E-state index in [0.29, 0.717) is 5.16 Å². The standard InChI is InChI=1S/C20H20N4OS/c1-15-19(12-13-21-17-8-10-18(25-2)11-9-17)22-20(24-23-15)26-14-16-6-4-3-5-7-16/h3-13,21H,14H2,1-2H3/b13-12+. The van der Waals surface area contributed by atoms with E-state index in [1.807, 2.05) is 61.7 Å². The first-order chi connectivity index (χ1) is 12.7.